The molecule has 0 heterocycles. The van der Waals surface area contributed by atoms with Gasteiger partial charge in [-0.1, -0.05) is 6.58 Å². The molecule has 52 valence electrons. The zero-order chi connectivity index (χ0) is 7.49. The van der Waals surface area contributed by atoms with Gasteiger partial charge in [0.15, 0.2) is 0 Å². The minimum Gasteiger partial charge on any atom is -0.432 e. The van der Waals surface area contributed by atoms with Crippen LogP contribution < -0.4 is 17.2 Å². The van der Waals surface area contributed by atoms with Crippen LogP contribution >= 0.6 is 0 Å². The molecule has 0 saturated heterocycles. The van der Waals surface area contributed by atoms with Crippen LogP contribution in [0.25, 0.3) is 0 Å². The molecule has 0 aromatic rings. The molecule has 0 aliphatic rings. The number of nitrogens with two attached hydrogens (primary N) is 3. The number of esters is 1. The second-order valence-corrected chi connectivity index (χ2v) is 1.50. The van der Waals surface area contributed by atoms with E-state index in [0.717, 1.165) is 6.26 Å². The first-order valence-electron chi connectivity index (χ1n) is 2.17. The molecule has 0 saturated carbocycles. The fourth-order valence-corrected chi connectivity index (χ4v) is 0.178. The molecular weight excluding hydrogens is 122 g/mol. The SMILES string of the molecule is C=COC(=O)C(N)(N)N. The third-order valence-electron chi connectivity index (χ3n) is 0.544. The second kappa shape index (κ2) is 2.58. The molecule has 0 radical (unpaired) electrons. The third-order valence-corrected chi connectivity index (χ3v) is 0.544. The smallest absolute Gasteiger partial charge is 0.361 e. The number of carbonyl (C=O) groups excluding carboxylic acids is 1. The fraction of sp³-hybridized carbons (Fsp3) is 0.250. The van der Waals surface area contributed by atoms with Crippen molar-refractivity contribution in [3.63, 3.8) is 0 Å². The zero-order valence-corrected chi connectivity index (χ0v) is 4.83. The normalized spacial score (nSPS) is 10.6. The maximum atomic E-state index is 10.4. The summed E-state index contributed by atoms with van der Waals surface area (Å²) in [5.41, 5.74) is 14.7. The molecular formula is C4H9N3O2. The molecule has 9 heavy (non-hydrogen) atoms. The highest BCUT2D eigenvalue weighted by molar-refractivity contribution is 5.79. The van der Waals surface area contributed by atoms with E-state index in [2.05, 4.69) is 11.3 Å². The Morgan fingerprint density at radius 2 is 2.00 bits per heavy atom. The van der Waals surface area contributed by atoms with Crippen molar-refractivity contribution >= 4 is 5.97 Å². The van der Waals surface area contributed by atoms with E-state index in [9.17, 15) is 4.79 Å². The van der Waals surface area contributed by atoms with E-state index in [1.165, 1.54) is 0 Å². The summed E-state index contributed by atoms with van der Waals surface area (Å²) in [5.74, 6) is -2.84. The van der Waals surface area contributed by atoms with Gasteiger partial charge in [0, 0.05) is 0 Å². The lowest BCUT2D eigenvalue weighted by Gasteiger charge is -2.13. The van der Waals surface area contributed by atoms with Gasteiger partial charge >= 0.3 is 5.97 Å². The molecule has 0 rings (SSSR count). The van der Waals surface area contributed by atoms with Crippen LogP contribution in [-0.4, -0.2) is 11.8 Å². The van der Waals surface area contributed by atoms with Crippen LogP contribution in [0.4, 0.5) is 0 Å². The minimum absolute atomic E-state index is 0.906. The molecule has 0 amide bonds. The topological polar surface area (TPSA) is 104 Å². The van der Waals surface area contributed by atoms with Crippen molar-refractivity contribution in [2.24, 2.45) is 17.2 Å². The van der Waals surface area contributed by atoms with E-state index in [-0.39, 0.29) is 0 Å². The van der Waals surface area contributed by atoms with E-state index in [1.807, 2.05) is 0 Å². The van der Waals surface area contributed by atoms with Gasteiger partial charge in [-0.25, -0.2) is 4.79 Å². The number of rotatable bonds is 2. The van der Waals surface area contributed by atoms with E-state index in [0.29, 0.717) is 0 Å². The van der Waals surface area contributed by atoms with Gasteiger partial charge in [0.25, 0.3) is 0 Å². The lowest BCUT2D eigenvalue weighted by Crippen LogP contribution is -2.64. The van der Waals surface area contributed by atoms with Crippen molar-refractivity contribution in [1.82, 2.24) is 0 Å². The largest absolute Gasteiger partial charge is 0.432 e. The van der Waals surface area contributed by atoms with Gasteiger partial charge < -0.3 is 4.74 Å². The average molecular weight is 131 g/mol. The number of ether oxygens (including phenoxy) is 1. The molecule has 0 unspecified atom stereocenters. The monoisotopic (exact) mass is 131 g/mol. The second-order valence-electron chi connectivity index (χ2n) is 1.50. The first-order chi connectivity index (χ1) is 3.98. The van der Waals surface area contributed by atoms with Gasteiger partial charge in [-0.2, -0.15) is 0 Å². The predicted molar refractivity (Wildman–Crippen MR) is 31.6 cm³/mol. The summed E-state index contributed by atoms with van der Waals surface area (Å²) in [7, 11) is 0. The number of hydrogen-bond donors (Lipinski definition) is 3. The van der Waals surface area contributed by atoms with Crippen LogP contribution in [0, 0.1) is 0 Å². The van der Waals surface area contributed by atoms with Crippen LogP contribution in [0.15, 0.2) is 12.8 Å². The predicted octanol–water partition coefficient (Wildman–Crippen LogP) is -1.80. The molecule has 6 N–H and O–H groups in total. The first-order valence-corrected chi connectivity index (χ1v) is 2.17. The summed E-state index contributed by atoms with van der Waals surface area (Å²) in [5, 5.41) is 0. The summed E-state index contributed by atoms with van der Waals surface area (Å²) in [4.78, 5) is 10.4. The Morgan fingerprint density at radius 3 is 2.11 bits per heavy atom. The van der Waals surface area contributed by atoms with Crippen LogP contribution in [0.1, 0.15) is 0 Å². The van der Waals surface area contributed by atoms with E-state index >= 15 is 0 Å². The molecule has 0 aliphatic heterocycles. The molecule has 0 spiro atoms. The van der Waals surface area contributed by atoms with E-state index < -0.39 is 11.8 Å². The van der Waals surface area contributed by atoms with Crippen molar-refractivity contribution in [1.29, 1.82) is 0 Å². The van der Waals surface area contributed by atoms with Gasteiger partial charge in [-0.05, 0) is 0 Å². The number of carbonyl (C=O) groups is 1. The van der Waals surface area contributed by atoms with Gasteiger partial charge in [0.05, 0.1) is 6.26 Å². The van der Waals surface area contributed by atoms with Crippen molar-refractivity contribution < 1.29 is 9.53 Å². The summed E-state index contributed by atoms with van der Waals surface area (Å²) in [6, 6.07) is 0. The maximum Gasteiger partial charge on any atom is 0.361 e. The molecule has 0 bridgehead atoms. The molecule has 0 aromatic heterocycles. The molecule has 5 heteroatoms. The molecule has 5 nitrogen and oxygen atoms in total. The van der Waals surface area contributed by atoms with Crippen LogP contribution in [-0.2, 0) is 9.53 Å². The molecule has 0 aliphatic carbocycles. The van der Waals surface area contributed by atoms with Crippen molar-refractivity contribution in [3.8, 4) is 0 Å². The fourth-order valence-electron chi connectivity index (χ4n) is 0.178. The average Bonchev–Trinajstić information content (AvgIpc) is 1.64. The Bertz CT molecular complexity index is 126. The van der Waals surface area contributed by atoms with Gasteiger partial charge in [-0.3, -0.25) is 17.2 Å². The standard InChI is InChI=1S/C4H9N3O2/c1-2-9-3(8)4(5,6)7/h2H,1,5-7H2. The van der Waals surface area contributed by atoms with Gasteiger partial charge in [-0.15, -0.1) is 0 Å². The van der Waals surface area contributed by atoms with Crippen molar-refractivity contribution in [2.45, 2.75) is 5.79 Å². The highest BCUT2D eigenvalue weighted by Gasteiger charge is 2.24. The van der Waals surface area contributed by atoms with Crippen LogP contribution in [0.2, 0.25) is 0 Å². The van der Waals surface area contributed by atoms with E-state index in [4.69, 9.17) is 17.2 Å². The molecule has 0 aromatic carbocycles. The Morgan fingerprint density at radius 1 is 1.56 bits per heavy atom. The van der Waals surface area contributed by atoms with Gasteiger partial charge in [0.1, 0.15) is 0 Å². The highest BCUT2D eigenvalue weighted by atomic mass is 16.5. The van der Waals surface area contributed by atoms with Crippen LogP contribution in [0.5, 0.6) is 0 Å². The Hall–Kier alpha value is -0.910. The first kappa shape index (κ1) is 8.09. The lowest BCUT2D eigenvalue weighted by atomic mass is 10.4. The highest BCUT2D eigenvalue weighted by Crippen LogP contribution is 1.84. The minimum atomic E-state index is -1.92. The molecule has 0 atom stereocenters. The van der Waals surface area contributed by atoms with Crippen LogP contribution in [0.3, 0.4) is 0 Å². The van der Waals surface area contributed by atoms with E-state index in [1.54, 1.807) is 0 Å². The Labute approximate surface area is 52.4 Å². The summed E-state index contributed by atoms with van der Waals surface area (Å²) in [6.07, 6.45) is 0.906. The van der Waals surface area contributed by atoms with Gasteiger partial charge in [0.2, 0.25) is 5.79 Å². The quantitative estimate of drug-likeness (QED) is 0.233. The Kier molecular flexibility index (Phi) is 2.32. The van der Waals surface area contributed by atoms with Crippen molar-refractivity contribution in [2.75, 3.05) is 0 Å². The lowest BCUT2D eigenvalue weighted by molar-refractivity contribution is -0.143. The Balaban J connectivity index is 3.88. The maximum absolute atomic E-state index is 10.4. The summed E-state index contributed by atoms with van der Waals surface area (Å²) < 4.78 is 4.16. The summed E-state index contributed by atoms with van der Waals surface area (Å²) in [6.45, 7) is 3.10. The molecule has 0 fully saturated rings. The van der Waals surface area contributed by atoms with Crippen molar-refractivity contribution in [3.05, 3.63) is 12.8 Å². The summed E-state index contributed by atoms with van der Waals surface area (Å²) >= 11 is 0. The number of hydrogen-bond acceptors (Lipinski definition) is 5. The third kappa shape index (κ3) is 2.81. The zero-order valence-electron chi connectivity index (χ0n) is 4.83.